The van der Waals surface area contributed by atoms with E-state index in [4.69, 9.17) is 5.73 Å². The average Bonchev–Trinajstić information content (AvgIpc) is 2.67. The van der Waals surface area contributed by atoms with E-state index in [0.717, 1.165) is 18.5 Å². The third-order valence-corrected chi connectivity index (χ3v) is 3.75. The maximum atomic E-state index is 12.5. The molecule has 0 bridgehead atoms. The maximum Gasteiger partial charge on any atom is 0.253 e. The molecule has 1 aliphatic heterocycles. The lowest BCUT2D eigenvalue weighted by Crippen LogP contribution is -2.36. The lowest BCUT2D eigenvalue weighted by atomic mass is 10.1. The van der Waals surface area contributed by atoms with Gasteiger partial charge in [0.25, 0.3) is 5.91 Å². The topological polar surface area (TPSA) is 66.6 Å². The Morgan fingerprint density at radius 1 is 1.10 bits per heavy atom. The zero-order chi connectivity index (χ0) is 14.7. The van der Waals surface area contributed by atoms with Gasteiger partial charge in [-0.1, -0.05) is 6.07 Å². The van der Waals surface area contributed by atoms with Crippen molar-refractivity contribution < 1.29 is 9.59 Å². The van der Waals surface area contributed by atoms with Crippen molar-refractivity contribution in [3.05, 3.63) is 29.3 Å². The molecule has 1 aromatic rings. The summed E-state index contributed by atoms with van der Waals surface area (Å²) < 4.78 is 0. The molecule has 1 aromatic carbocycles. The molecule has 0 unspecified atom stereocenters. The summed E-state index contributed by atoms with van der Waals surface area (Å²) in [5.74, 6) is 0.0565. The number of aryl methyl sites for hydroxylation is 1. The summed E-state index contributed by atoms with van der Waals surface area (Å²) >= 11 is 0. The summed E-state index contributed by atoms with van der Waals surface area (Å²) in [5, 5.41) is 0. The first-order valence-electron chi connectivity index (χ1n) is 6.90. The van der Waals surface area contributed by atoms with Gasteiger partial charge in [-0.25, -0.2) is 0 Å². The number of nitrogens with zero attached hydrogens (tertiary/aromatic N) is 2. The van der Waals surface area contributed by atoms with Crippen LogP contribution in [0.2, 0.25) is 0 Å². The van der Waals surface area contributed by atoms with Crippen molar-refractivity contribution >= 4 is 17.5 Å². The quantitative estimate of drug-likeness (QED) is 0.785. The predicted octanol–water partition coefficient (Wildman–Crippen LogP) is 1.27. The number of nitrogens with two attached hydrogens (primary N) is 1. The van der Waals surface area contributed by atoms with E-state index in [1.807, 2.05) is 19.1 Å². The van der Waals surface area contributed by atoms with Crippen molar-refractivity contribution in [1.82, 2.24) is 9.80 Å². The highest BCUT2D eigenvalue weighted by Crippen LogP contribution is 2.15. The minimum absolute atomic E-state index is 0.0119. The highest BCUT2D eigenvalue weighted by atomic mass is 16.2. The van der Waals surface area contributed by atoms with Gasteiger partial charge >= 0.3 is 0 Å². The lowest BCUT2D eigenvalue weighted by Gasteiger charge is -2.21. The third-order valence-electron chi connectivity index (χ3n) is 3.75. The van der Waals surface area contributed by atoms with Crippen LogP contribution < -0.4 is 5.73 Å². The number of benzene rings is 1. The van der Waals surface area contributed by atoms with Crippen LogP contribution in [0.25, 0.3) is 0 Å². The van der Waals surface area contributed by atoms with Gasteiger partial charge in [0.2, 0.25) is 5.91 Å². The van der Waals surface area contributed by atoms with Crippen molar-refractivity contribution in [2.24, 2.45) is 0 Å². The number of hydrogen-bond acceptors (Lipinski definition) is 3. The molecule has 1 heterocycles. The van der Waals surface area contributed by atoms with Crippen molar-refractivity contribution in [3.8, 4) is 0 Å². The van der Waals surface area contributed by atoms with Gasteiger partial charge in [0.15, 0.2) is 0 Å². The van der Waals surface area contributed by atoms with Gasteiger partial charge in [-0.15, -0.1) is 0 Å². The Hall–Kier alpha value is -2.04. The number of anilines is 1. The normalized spacial score (nSPS) is 15.9. The van der Waals surface area contributed by atoms with E-state index in [0.29, 0.717) is 30.9 Å². The fraction of sp³-hybridized carbons (Fsp3) is 0.467. The Balaban J connectivity index is 2.09. The first kappa shape index (κ1) is 14.4. The molecule has 0 aliphatic carbocycles. The Labute approximate surface area is 119 Å². The molecule has 2 rings (SSSR count). The molecule has 1 aliphatic rings. The minimum atomic E-state index is -0.0119. The fourth-order valence-electron chi connectivity index (χ4n) is 2.39. The Bertz CT molecular complexity index is 528. The summed E-state index contributed by atoms with van der Waals surface area (Å²) in [5.41, 5.74) is 8.08. The SMILES string of the molecule is CC(=O)N1CCCN(C(=O)c2ccc(C)c(N)c2)CC1. The number of carbonyl (C=O) groups excluding carboxylic acids is 2. The van der Waals surface area contributed by atoms with Gasteiger partial charge in [-0.3, -0.25) is 9.59 Å². The summed E-state index contributed by atoms with van der Waals surface area (Å²) in [7, 11) is 0. The van der Waals surface area contributed by atoms with Gasteiger partial charge in [-0.05, 0) is 31.0 Å². The van der Waals surface area contributed by atoms with Gasteiger partial charge in [-0.2, -0.15) is 0 Å². The van der Waals surface area contributed by atoms with Crippen LogP contribution in [0.1, 0.15) is 29.3 Å². The molecule has 2 amide bonds. The largest absolute Gasteiger partial charge is 0.398 e. The third kappa shape index (κ3) is 3.10. The molecule has 1 saturated heterocycles. The molecule has 5 heteroatoms. The number of rotatable bonds is 1. The van der Waals surface area contributed by atoms with Crippen LogP contribution in [0.15, 0.2) is 18.2 Å². The van der Waals surface area contributed by atoms with Crippen molar-refractivity contribution in [1.29, 1.82) is 0 Å². The summed E-state index contributed by atoms with van der Waals surface area (Å²) in [6, 6.07) is 5.40. The smallest absolute Gasteiger partial charge is 0.253 e. The van der Waals surface area contributed by atoms with Crippen LogP contribution in [0.5, 0.6) is 0 Å². The summed E-state index contributed by atoms with van der Waals surface area (Å²) in [4.78, 5) is 27.4. The molecule has 20 heavy (non-hydrogen) atoms. The zero-order valence-corrected chi connectivity index (χ0v) is 12.1. The van der Waals surface area contributed by atoms with Gasteiger partial charge in [0, 0.05) is 44.4 Å². The Morgan fingerprint density at radius 3 is 2.40 bits per heavy atom. The van der Waals surface area contributed by atoms with Crippen LogP contribution in [0, 0.1) is 6.92 Å². The minimum Gasteiger partial charge on any atom is -0.398 e. The summed E-state index contributed by atoms with van der Waals surface area (Å²) in [6.45, 7) is 6.05. The van der Waals surface area contributed by atoms with Gasteiger partial charge in [0.1, 0.15) is 0 Å². The zero-order valence-electron chi connectivity index (χ0n) is 12.1. The molecule has 0 radical (unpaired) electrons. The Morgan fingerprint density at radius 2 is 1.75 bits per heavy atom. The molecule has 0 saturated carbocycles. The molecule has 0 aromatic heterocycles. The van der Waals surface area contributed by atoms with E-state index >= 15 is 0 Å². The van der Waals surface area contributed by atoms with Crippen molar-refractivity contribution in [2.75, 3.05) is 31.9 Å². The molecule has 2 N–H and O–H groups in total. The number of hydrogen-bond donors (Lipinski definition) is 1. The van der Waals surface area contributed by atoms with E-state index in [2.05, 4.69) is 0 Å². The van der Waals surface area contributed by atoms with Crippen LogP contribution in [-0.4, -0.2) is 47.8 Å². The summed E-state index contributed by atoms with van der Waals surface area (Å²) in [6.07, 6.45) is 0.812. The second kappa shape index (κ2) is 5.94. The Kier molecular flexibility index (Phi) is 4.27. The molecular weight excluding hydrogens is 254 g/mol. The lowest BCUT2D eigenvalue weighted by molar-refractivity contribution is -0.128. The molecular formula is C15H21N3O2. The van der Waals surface area contributed by atoms with Crippen LogP contribution in [-0.2, 0) is 4.79 Å². The average molecular weight is 275 g/mol. The van der Waals surface area contributed by atoms with E-state index in [1.54, 1.807) is 22.8 Å². The van der Waals surface area contributed by atoms with E-state index in [1.165, 1.54) is 0 Å². The first-order valence-corrected chi connectivity index (χ1v) is 6.90. The van der Waals surface area contributed by atoms with Crippen LogP contribution in [0.4, 0.5) is 5.69 Å². The first-order chi connectivity index (χ1) is 9.49. The van der Waals surface area contributed by atoms with Gasteiger partial charge < -0.3 is 15.5 Å². The maximum absolute atomic E-state index is 12.5. The van der Waals surface area contributed by atoms with E-state index in [-0.39, 0.29) is 11.8 Å². The number of nitrogen functional groups attached to an aromatic ring is 1. The second-order valence-corrected chi connectivity index (χ2v) is 5.22. The van der Waals surface area contributed by atoms with Crippen molar-refractivity contribution in [3.63, 3.8) is 0 Å². The molecule has 5 nitrogen and oxygen atoms in total. The number of amides is 2. The highest BCUT2D eigenvalue weighted by Gasteiger charge is 2.21. The predicted molar refractivity (Wildman–Crippen MR) is 78.4 cm³/mol. The molecule has 0 spiro atoms. The monoisotopic (exact) mass is 275 g/mol. The van der Waals surface area contributed by atoms with Gasteiger partial charge in [0.05, 0.1) is 0 Å². The highest BCUT2D eigenvalue weighted by molar-refractivity contribution is 5.95. The molecule has 108 valence electrons. The standard InChI is InChI=1S/C15H21N3O2/c1-11-4-5-13(10-14(11)16)15(20)18-7-3-6-17(8-9-18)12(2)19/h4-5,10H,3,6-9,16H2,1-2H3. The molecule has 0 atom stereocenters. The number of carbonyl (C=O) groups is 2. The molecule has 1 fully saturated rings. The second-order valence-electron chi connectivity index (χ2n) is 5.22. The van der Waals surface area contributed by atoms with Crippen molar-refractivity contribution in [2.45, 2.75) is 20.3 Å². The van der Waals surface area contributed by atoms with E-state index < -0.39 is 0 Å². The van der Waals surface area contributed by atoms with Crippen LogP contribution >= 0.6 is 0 Å². The van der Waals surface area contributed by atoms with E-state index in [9.17, 15) is 9.59 Å². The fourth-order valence-corrected chi connectivity index (χ4v) is 2.39. The van der Waals surface area contributed by atoms with Crippen LogP contribution in [0.3, 0.4) is 0 Å².